The summed E-state index contributed by atoms with van der Waals surface area (Å²) < 4.78 is 0. The largest absolute Gasteiger partial charge is 0.364 e. The standard InChI is InChI=1S/C22H26N4.C10H21N/c1-6-9-15(3)12-21-20(7-2)17(5)25-26-22(21)24-14-19-11-8-10-18(13-23)16(19)4;1-4-9(3)6-10(5-2)7-11-8-10/h7-12H,6,14H2,1-5H3,(H,24,26);9,11H,4-8H2,1-3H3/b15-9+,20-7-,21-12+;. The van der Waals surface area contributed by atoms with Gasteiger partial charge in [0, 0.05) is 30.1 Å². The van der Waals surface area contributed by atoms with Crippen LogP contribution in [-0.2, 0) is 6.54 Å². The summed E-state index contributed by atoms with van der Waals surface area (Å²) in [7, 11) is 0. The van der Waals surface area contributed by atoms with Crippen LogP contribution in [0.15, 0.2) is 29.8 Å². The van der Waals surface area contributed by atoms with E-state index in [-0.39, 0.29) is 0 Å². The fourth-order valence-corrected chi connectivity index (χ4v) is 4.88. The summed E-state index contributed by atoms with van der Waals surface area (Å²) in [6.45, 7) is 20.3. The van der Waals surface area contributed by atoms with Crippen molar-refractivity contribution in [2.45, 2.75) is 87.6 Å². The van der Waals surface area contributed by atoms with Gasteiger partial charge < -0.3 is 10.6 Å². The Bertz CT molecular complexity index is 1210. The lowest BCUT2D eigenvalue weighted by atomic mass is 9.72. The summed E-state index contributed by atoms with van der Waals surface area (Å²) in [5.74, 6) is 1.67. The predicted octanol–water partition coefficient (Wildman–Crippen LogP) is 5.94. The van der Waals surface area contributed by atoms with Crippen LogP contribution in [0.2, 0.25) is 0 Å². The molecule has 5 nitrogen and oxygen atoms in total. The van der Waals surface area contributed by atoms with Crippen molar-refractivity contribution >= 4 is 18.0 Å². The van der Waals surface area contributed by atoms with Crippen LogP contribution in [0.3, 0.4) is 0 Å². The molecule has 2 heterocycles. The van der Waals surface area contributed by atoms with Crippen molar-refractivity contribution in [1.82, 2.24) is 15.5 Å². The van der Waals surface area contributed by atoms with Gasteiger partial charge in [0.1, 0.15) is 0 Å². The molecule has 3 rings (SSSR count). The second kappa shape index (κ2) is 14.7. The molecule has 1 fully saturated rings. The third-order valence-electron chi connectivity index (χ3n) is 7.66. The Morgan fingerprint density at radius 1 is 1.19 bits per heavy atom. The molecule has 1 aliphatic heterocycles. The smallest absolute Gasteiger partial charge is 0.156 e. The van der Waals surface area contributed by atoms with Crippen LogP contribution in [0.25, 0.3) is 12.2 Å². The third kappa shape index (κ3) is 8.27. The monoisotopic (exact) mass is 501 g/mol. The lowest BCUT2D eigenvalue weighted by Crippen LogP contribution is -2.53. The Morgan fingerprint density at radius 2 is 1.92 bits per heavy atom. The maximum absolute atomic E-state index is 9.21. The SMILES string of the molecule is C/C=c1/c(C)nnc(NCc2cccc(C#N)c2C)/c1=C/C(C)=C/CC.CCC(C)CC1(CC)CNC1. The number of rotatable bonds is 9. The minimum Gasteiger partial charge on any atom is -0.364 e. The van der Waals surface area contributed by atoms with Gasteiger partial charge in [0.25, 0.3) is 0 Å². The zero-order chi connectivity index (χ0) is 27.4. The van der Waals surface area contributed by atoms with E-state index in [4.69, 9.17) is 0 Å². The first-order valence-electron chi connectivity index (χ1n) is 13.8. The van der Waals surface area contributed by atoms with Crippen LogP contribution in [0.1, 0.15) is 89.6 Å². The maximum atomic E-state index is 9.21. The first kappa shape index (κ1) is 30.3. The van der Waals surface area contributed by atoms with Gasteiger partial charge in [-0.15, -0.1) is 5.10 Å². The highest BCUT2D eigenvalue weighted by Gasteiger charge is 2.35. The molecule has 1 saturated heterocycles. The average Bonchev–Trinajstić information content (AvgIpc) is 2.87. The molecule has 1 aliphatic rings. The number of aryl methyl sites for hydroxylation is 1. The van der Waals surface area contributed by atoms with Crippen LogP contribution < -0.4 is 21.1 Å². The normalized spacial score (nSPS) is 16.4. The Balaban J connectivity index is 0.000000364. The molecule has 5 heteroatoms. The summed E-state index contributed by atoms with van der Waals surface area (Å²) in [6.07, 6.45) is 11.5. The summed E-state index contributed by atoms with van der Waals surface area (Å²) in [5.41, 5.74) is 5.58. The van der Waals surface area contributed by atoms with Crippen molar-refractivity contribution in [2.75, 3.05) is 18.4 Å². The molecule has 0 amide bonds. The lowest BCUT2D eigenvalue weighted by molar-refractivity contribution is 0.120. The second-order valence-electron chi connectivity index (χ2n) is 10.5. The Kier molecular flexibility index (Phi) is 12.0. The molecule has 2 N–H and O–H groups in total. The van der Waals surface area contributed by atoms with Crippen molar-refractivity contribution in [1.29, 1.82) is 5.26 Å². The highest BCUT2D eigenvalue weighted by molar-refractivity contribution is 5.54. The molecule has 1 aromatic heterocycles. The Labute approximate surface area is 224 Å². The van der Waals surface area contributed by atoms with Crippen LogP contribution in [-0.4, -0.2) is 23.3 Å². The summed E-state index contributed by atoms with van der Waals surface area (Å²) in [4.78, 5) is 0. The molecule has 0 radical (unpaired) electrons. The van der Waals surface area contributed by atoms with Gasteiger partial charge in [-0.25, -0.2) is 0 Å². The molecule has 2 aromatic rings. The first-order chi connectivity index (χ1) is 17.7. The molecule has 0 bridgehead atoms. The number of nitrogens with one attached hydrogen (secondary N) is 2. The van der Waals surface area contributed by atoms with Crippen molar-refractivity contribution < 1.29 is 0 Å². The Hall–Kier alpha value is -2.97. The van der Waals surface area contributed by atoms with Crippen LogP contribution in [0.4, 0.5) is 5.82 Å². The van der Waals surface area contributed by atoms with E-state index in [1.54, 1.807) is 0 Å². The molecule has 0 spiro atoms. The molecule has 0 aliphatic carbocycles. The number of aromatic nitrogens is 2. The minimum atomic E-state index is 0.597. The summed E-state index contributed by atoms with van der Waals surface area (Å²) in [6, 6.07) is 8.02. The molecule has 1 unspecified atom stereocenters. The number of allylic oxidation sites excluding steroid dienone is 2. The highest BCUT2D eigenvalue weighted by atomic mass is 15.2. The topological polar surface area (TPSA) is 73.6 Å². The molecule has 37 heavy (non-hydrogen) atoms. The Morgan fingerprint density at radius 3 is 2.46 bits per heavy atom. The van der Waals surface area contributed by atoms with Crippen molar-refractivity contribution in [3.8, 4) is 6.07 Å². The fourth-order valence-electron chi connectivity index (χ4n) is 4.88. The number of anilines is 1. The van der Waals surface area contributed by atoms with Gasteiger partial charge in [0.05, 0.1) is 17.3 Å². The quantitative estimate of drug-likeness (QED) is 0.445. The number of hydrogen-bond acceptors (Lipinski definition) is 5. The number of benzene rings is 1. The molecule has 200 valence electrons. The van der Waals surface area contributed by atoms with Gasteiger partial charge in [-0.2, -0.15) is 10.4 Å². The number of hydrogen-bond donors (Lipinski definition) is 2. The van der Waals surface area contributed by atoms with Crippen molar-refractivity contribution in [3.05, 3.63) is 62.7 Å². The lowest BCUT2D eigenvalue weighted by Gasteiger charge is -2.43. The fraction of sp³-hybridized carbons (Fsp3) is 0.531. The molecular formula is C32H47N5. The van der Waals surface area contributed by atoms with E-state index in [0.717, 1.165) is 45.4 Å². The van der Waals surface area contributed by atoms with E-state index in [9.17, 15) is 5.26 Å². The van der Waals surface area contributed by atoms with Crippen LogP contribution >= 0.6 is 0 Å². The zero-order valence-corrected chi connectivity index (χ0v) is 24.3. The van der Waals surface area contributed by atoms with Crippen LogP contribution in [0, 0.1) is 36.5 Å². The van der Waals surface area contributed by atoms with E-state index in [1.807, 2.05) is 39.0 Å². The highest BCUT2D eigenvalue weighted by Crippen LogP contribution is 2.34. The molecule has 0 saturated carbocycles. The van der Waals surface area contributed by atoms with Gasteiger partial charge >= 0.3 is 0 Å². The van der Waals surface area contributed by atoms with E-state index in [2.05, 4.69) is 79.7 Å². The average molecular weight is 502 g/mol. The van der Waals surface area contributed by atoms with E-state index < -0.39 is 0 Å². The van der Waals surface area contributed by atoms with Gasteiger partial charge in [-0.1, -0.05) is 64.0 Å². The van der Waals surface area contributed by atoms with E-state index >= 15 is 0 Å². The van der Waals surface area contributed by atoms with Gasteiger partial charge in [-0.3, -0.25) is 0 Å². The number of nitriles is 1. The molecule has 1 atom stereocenters. The predicted molar refractivity (Wildman–Crippen MR) is 158 cm³/mol. The van der Waals surface area contributed by atoms with E-state index in [1.165, 1.54) is 37.9 Å². The maximum Gasteiger partial charge on any atom is 0.156 e. The second-order valence-corrected chi connectivity index (χ2v) is 10.5. The van der Waals surface area contributed by atoms with Gasteiger partial charge in [-0.05, 0) is 81.6 Å². The van der Waals surface area contributed by atoms with Crippen LogP contribution in [0.5, 0.6) is 0 Å². The number of nitrogens with zero attached hydrogens (tertiary/aromatic N) is 3. The van der Waals surface area contributed by atoms with Gasteiger partial charge in [0.15, 0.2) is 5.82 Å². The van der Waals surface area contributed by atoms with Gasteiger partial charge in [0.2, 0.25) is 0 Å². The zero-order valence-electron chi connectivity index (χ0n) is 24.3. The van der Waals surface area contributed by atoms with Crippen molar-refractivity contribution in [2.24, 2.45) is 11.3 Å². The summed E-state index contributed by atoms with van der Waals surface area (Å²) in [5, 5.41) is 26.8. The van der Waals surface area contributed by atoms with Crippen molar-refractivity contribution in [3.63, 3.8) is 0 Å². The first-order valence-corrected chi connectivity index (χ1v) is 13.8. The molecular weight excluding hydrogens is 454 g/mol. The summed E-state index contributed by atoms with van der Waals surface area (Å²) >= 11 is 0. The van der Waals surface area contributed by atoms with E-state index in [0.29, 0.717) is 17.5 Å². The molecule has 1 aromatic carbocycles. The minimum absolute atomic E-state index is 0.597. The third-order valence-corrected chi connectivity index (χ3v) is 7.66.